The molecule has 0 bridgehead atoms. The summed E-state index contributed by atoms with van der Waals surface area (Å²) in [6.07, 6.45) is 3.22. The lowest BCUT2D eigenvalue weighted by Crippen LogP contribution is -2.57. The molecule has 1 aromatic carbocycles. The van der Waals surface area contributed by atoms with Crippen molar-refractivity contribution in [1.29, 1.82) is 0 Å². The molecule has 1 aromatic rings. The average molecular weight is 477 g/mol. The molecule has 2 aliphatic rings. The second kappa shape index (κ2) is 10.9. The monoisotopic (exact) mass is 476 g/mol. The van der Waals surface area contributed by atoms with Crippen LogP contribution in [0, 0.1) is 11.8 Å². The van der Waals surface area contributed by atoms with Gasteiger partial charge in [0, 0.05) is 31.2 Å². The standard InChI is InChI=1S/C25H37ClN4O3/c1-18(2)8-11-25(23(32)30(24(33)27-25)15-14-28(3)4)20-9-12-29(13-10-20)22(31)17-19-6-5-7-21(26)16-19/h5-7,16,18,20H,8-15,17H2,1-4H3,(H,27,33)/t25-/m1/s1. The predicted molar refractivity (Wildman–Crippen MR) is 130 cm³/mol. The molecule has 4 amide bonds. The minimum Gasteiger partial charge on any atom is -0.342 e. The van der Waals surface area contributed by atoms with Gasteiger partial charge in [0.2, 0.25) is 5.91 Å². The van der Waals surface area contributed by atoms with Crippen LogP contribution in [-0.2, 0) is 16.0 Å². The van der Waals surface area contributed by atoms with Crippen LogP contribution >= 0.6 is 11.6 Å². The normalized spacial score (nSPS) is 21.9. The quantitative estimate of drug-likeness (QED) is 0.554. The van der Waals surface area contributed by atoms with E-state index in [4.69, 9.17) is 11.6 Å². The number of piperidine rings is 1. The number of imide groups is 1. The summed E-state index contributed by atoms with van der Waals surface area (Å²) in [5, 5.41) is 3.73. The van der Waals surface area contributed by atoms with Crippen LogP contribution in [0.1, 0.15) is 45.1 Å². The van der Waals surface area contributed by atoms with Gasteiger partial charge in [0.05, 0.1) is 6.42 Å². The van der Waals surface area contributed by atoms with Gasteiger partial charge in [0.1, 0.15) is 5.54 Å². The third kappa shape index (κ3) is 6.07. The number of hydrogen-bond acceptors (Lipinski definition) is 4. The number of halogens is 1. The summed E-state index contributed by atoms with van der Waals surface area (Å²) in [6, 6.07) is 7.10. The minimum atomic E-state index is -0.865. The molecule has 0 aliphatic carbocycles. The van der Waals surface area contributed by atoms with Gasteiger partial charge in [-0.3, -0.25) is 14.5 Å². The highest BCUT2D eigenvalue weighted by molar-refractivity contribution is 6.30. The van der Waals surface area contributed by atoms with E-state index < -0.39 is 5.54 Å². The van der Waals surface area contributed by atoms with Crippen LogP contribution in [0.15, 0.2) is 24.3 Å². The van der Waals surface area contributed by atoms with Gasteiger partial charge in [-0.15, -0.1) is 0 Å². The molecule has 0 spiro atoms. The maximum absolute atomic E-state index is 13.6. The molecule has 1 N–H and O–H groups in total. The maximum atomic E-state index is 13.6. The van der Waals surface area contributed by atoms with Crippen molar-refractivity contribution in [3.05, 3.63) is 34.9 Å². The number of rotatable bonds is 9. The average Bonchev–Trinajstić information content (AvgIpc) is 3.01. The van der Waals surface area contributed by atoms with Crippen molar-refractivity contribution in [3.8, 4) is 0 Å². The first-order valence-corrected chi connectivity index (χ1v) is 12.3. The first kappa shape index (κ1) is 25.5. The molecule has 33 heavy (non-hydrogen) atoms. The second-order valence-corrected chi connectivity index (χ2v) is 10.5. The van der Waals surface area contributed by atoms with Crippen LogP contribution in [0.25, 0.3) is 0 Å². The number of amides is 4. The van der Waals surface area contributed by atoms with Gasteiger partial charge in [-0.1, -0.05) is 37.6 Å². The lowest BCUT2D eigenvalue weighted by atomic mass is 9.73. The van der Waals surface area contributed by atoms with Crippen molar-refractivity contribution in [2.45, 2.75) is 51.5 Å². The van der Waals surface area contributed by atoms with E-state index in [1.54, 1.807) is 6.07 Å². The fourth-order valence-corrected chi connectivity index (χ4v) is 5.08. The molecule has 0 radical (unpaired) electrons. The fraction of sp³-hybridized carbons (Fsp3) is 0.640. The van der Waals surface area contributed by atoms with Crippen LogP contribution in [0.2, 0.25) is 5.02 Å². The van der Waals surface area contributed by atoms with Gasteiger partial charge in [-0.2, -0.15) is 0 Å². The second-order valence-electron chi connectivity index (χ2n) is 10.1. The third-order valence-corrected chi connectivity index (χ3v) is 7.11. The van der Waals surface area contributed by atoms with Gasteiger partial charge >= 0.3 is 6.03 Å². The Labute approximate surface area is 202 Å². The molecule has 8 heteroatoms. The van der Waals surface area contributed by atoms with Gasteiger partial charge in [0.25, 0.3) is 5.91 Å². The predicted octanol–water partition coefficient (Wildman–Crippen LogP) is 3.41. The smallest absolute Gasteiger partial charge is 0.325 e. The zero-order valence-corrected chi connectivity index (χ0v) is 21.0. The van der Waals surface area contributed by atoms with Gasteiger partial charge in [-0.25, -0.2) is 4.79 Å². The summed E-state index contributed by atoms with van der Waals surface area (Å²) in [5.41, 5.74) is 0.0354. The minimum absolute atomic E-state index is 0.0206. The Hall–Kier alpha value is -2.12. The maximum Gasteiger partial charge on any atom is 0.325 e. The lowest BCUT2D eigenvalue weighted by Gasteiger charge is -2.41. The van der Waals surface area contributed by atoms with Crippen molar-refractivity contribution in [1.82, 2.24) is 20.0 Å². The van der Waals surface area contributed by atoms with Gasteiger partial charge in [0.15, 0.2) is 0 Å². The molecule has 2 heterocycles. The van der Waals surface area contributed by atoms with E-state index in [9.17, 15) is 14.4 Å². The first-order valence-electron chi connectivity index (χ1n) is 11.9. The topological polar surface area (TPSA) is 73.0 Å². The van der Waals surface area contributed by atoms with Gasteiger partial charge in [-0.05, 0) is 69.3 Å². The largest absolute Gasteiger partial charge is 0.342 e. The van der Waals surface area contributed by atoms with Crippen LogP contribution in [0.3, 0.4) is 0 Å². The van der Waals surface area contributed by atoms with E-state index in [1.807, 2.05) is 42.1 Å². The van der Waals surface area contributed by atoms with Crippen LogP contribution in [0.5, 0.6) is 0 Å². The van der Waals surface area contributed by atoms with Gasteiger partial charge < -0.3 is 15.1 Å². The number of likely N-dealkylation sites (N-methyl/N-ethyl adjacent to an activating group) is 1. The Balaban J connectivity index is 1.69. The van der Waals surface area contributed by atoms with E-state index in [2.05, 4.69) is 19.2 Å². The Morgan fingerprint density at radius 3 is 2.55 bits per heavy atom. The van der Waals surface area contributed by atoms with Crippen molar-refractivity contribution >= 4 is 29.4 Å². The van der Waals surface area contributed by atoms with E-state index in [0.717, 1.165) is 12.0 Å². The Morgan fingerprint density at radius 1 is 1.24 bits per heavy atom. The van der Waals surface area contributed by atoms with Crippen molar-refractivity contribution < 1.29 is 14.4 Å². The SMILES string of the molecule is CC(C)CC[C@]1(C2CCN(C(=O)Cc3cccc(Cl)c3)CC2)NC(=O)N(CCN(C)C)C1=O. The molecule has 0 unspecified atom stereocenters. The van der Waals surface area contributed by atoms with E-state index in [1.165, 1.54) is 4.90 Å². The van der Waals surface area contributed by atoms with E-state index in [-0.39, 0.29) is 23.8 Å². The Kier molecular flexibility index (Phi) is 8.40. The summed E-state index contributed by atoms with van der Waals surface area (Å²) in [7, 11) is 3.86. The molecule has 0 saturated carbocycles. The lowest BCUT2D eigenvalue weighted by molar-refractivity contribution is -0.136. The molecule has 7 nitrogen and oxygen atoms in total. The molecular weight excluding hydrogens is 440 g/mol. The Morgan fingerprint density at radius 2 is 1.94 bits per heavy atom. The number of benzene rings is 1. The molecular formula is C25H37ClN4O3. The Bertz CT molecular complexity index is 867. The summed E-state index contributed by atoms with van der Waals surface area (Å²) < 4.78 is 0. The summed E-state index contributed by atoms with van der Waals surface area (Å²) >= 11 is 6.05. The summed E-state index contributed by atoms with van der Waals surface area (Å²) in [5.74, 6) is 0.425. The zero-order valence-electron chi connectivity index (χ0n) is 20.3. The van der Waals surface area contributed by atoms with Crippen molar-refractivity contribution in [2.75, 3.05) is 40.3 Å². The van der Waals surface area contributed by atoms with Crippen LogP contribution < -0.4 is 5.32 Å². The summed E-state index contributed by atoms with van der Waals surface area (Å²) in [4.78, 5) is 44.5. The van der Waals surface area contributed by atoms with Crippen LogP contribution in [-0.4, -0.2) is 78.4 Å². The number of likely N-dealkylation sites (tertiary alicyclic amines) is 1. The van der Waals surface area contributed by atoms with E-state index >= 15 is 0 Å². The molecule has 3 rings (SSSR count). The van der Waals surface area contributed by atoms with Crippen molar-refractivity contribution in [2.24, 2.45) is 11.8 Å². The highest BCUT2D eigenvalue weighted by Gasteiger charge is 2.55. The molecule has 182 valence electrons. The molecule has 2 fully saturated rings. The molecule has 2 aliphatic heterocycles. The number of carbonyl (C=O) groups is 3. The summed E-state index contributed by atoms with van der Waals surface area (Å²) in [6.45, 7) is 6.47. The third-order valence-electron chi connectivity index (χ3n) is 6.88. The van der Waals surface area contributed by atoms with E-state index in [0.29, 0.717) is 62.8 Å². The fourth-order valence-electron chi connectivity index (χ4n) is 4.87. The molecule has 1 atom stereocenters. The number of hydrogen-bond donors (Lipinski definition) is 1. The highest BCUT2D eigenvalue weighted by Crippen LogP contribution is 2.38. The first-order chi connectivity index (χ1) is 15.6. The molecule has 2 saturated heterocycles. The molecule has 0 aromatic heterocycles. The van der Waals surface area contributed by atoms with Crippen molar-refractivity contribution in [3.63, 3.8) is 0 Å². The van der Waals surface area contributed by atoms with Crippen LogP contribution in [0.4, 0.5) is 4.79 Å². The number of nitrogens with one attached hydrogen (secondary N) is 1. The number of nitrogens with zero attached hydrogens (tertiary/aromatic N) is 3. The highest BCUT2D eigenvalue weighted by atomic mass is 35.5. The zero-order chi connectivity index (χ0) is 24.2. The number of urea groups is 1. The number of carbonyl (C=O) groups excluding carboxylic acids is 3.